The quantitative estimate of drug-likeness (QED) is 0.163. The van der Waals surface area contributed by atoms with Crippen molar-refractivity contribution in [3.05, 3.63) is 234 Å². The summed E-state index contributed by atoms with van der Waals surface area (Å²) in [6.07, 6.45) is 0. The van der Waals surface area contributed by atoms with Gasteiger partial charge in [0, 0.05) is 43.3 Å². The van der Waals surface area contributed by atoms with Crippen molar-refractivity contribution < 1.29 is 0 Å². The number of nitrogens with zero attached hydrogens (tertiary/aromatic N) is 2. The van der Waals surface area contributed by atoms with E-state index in [1.165, 1.54) is 115 Å². The molecule has 65 heavy (non-hydrogen) atoms. The molecule has 2 aliphatic carbocycles. The lowest BCUT2D eigenvalue weighted by molar-refractivity contribution is 0.590. The molecular formula is C61H43BN2S. The molecule has 9 aromatic carbocycles. The van der Waals surface area contributed by atoms with Gasteiger partial charge in [0.25, 0.3) is 6.71 Å². The number of rotatable bonds is 3. The van der Waals surface area contributed by atoms with Crippen molar-refractivity contribution in [2.75, 3.05) is 9.80 Å². The molecule has 0 saturated carbocycles. The molecule has 2 aliphatic heterocycles. The van der Waals surface area contributed by atoms with Crippen molar-refractivity contribution in [1.82, 2.24) is 0 Å². The highest BCUT2D eigenvalue weighted by Crippen LogP contribution is 2.64. The van der Waals surface area contributed by atoms with Gasteiger partial charge in [0.1, 0.15) is 0 Å². The van der Waals surface area contributed by atoms with Crippen molar-refractivity contribution >= 4 is 78.0 Å². The van der Waals surface area contributed by atoms with Crippen LogP contribution in [0.1, 0.15) is 48.6 Å². The SMILES string of the molecule is CC(C)(C)c1ccc(-c2ccc3c(c2)N(c2ccccc2)c2cccc4c2B3c2sc3cc5c(cc3c2N4c2ccccc2)-c2ccccc2C52c3ccccc3-c3ccccc32)cc1. The molecule has 0 fully saturated rings. The van der Waals surface area contributed by atoms with Crippen LogP contribution in [-0.2, 0) is 10.8 Å². The lowest BCUT2D eigenvalue weighted by Gasteiger charge is -2.43. The number of anilines is 6. The van der Waals surface area contributed by atoms with Gasteiger partial charge in [-0.2, -0.15) is 0 Å². The molecule has 0 amide bonds. The van der Waals surface area contributed by atoms with Crippen LogP contribution in [0.15, 0.2) is 206 Å². The van der Waals surface area contributed by atoms with Gasteiger partial charge in [-0.25, -0.2) is 0 Å². The van der Waals surface area contributed by atoms with E-state index in [1.54, 1.807) is 0 Å². The predicted molar refractivity (Wildman–Crippen MR) is 276 cm³/mol. The molecular weight excluding hydrogens is 804 g/mol. The lowest BCUT2D eigenvalue weighted by atomic mass is 9.36. The molecule has 0 bridgehead atoms. The van der Waals surface area contributed by atoms with E-state index in [1.807, 2.05) is 11.3 Å². The topological polar surface area (TPSA) is 6.48 Å². The largest absolute Gasteiger partial charge is 0.311 e. The maximum absolute atomic E-state index is 2.59. The Labute approximate surface area is 384 Å². The lowest BCUT2D eigenvalue weighted by Crippen LogP contribution is -2.60. The Hall–Kier alpha value is -7.40. The van der Waals surface area contributed by atoms with Crippen LogP contribution in [-0.4, -0.2) is 6.71 Å². The molecule has 0 saturated heterocycles. The van der Waals surface area contributed by atoms with E-state index in [4.69, 9.17) is 0 Å². The fourth-order valence-electron chi connectivity index (χ4n) is 12.0. The summed E-state index contributed by atoms with van der Waals surface area (Å²) in [5.41, 5.74) is 24.3. The third-order valence-corrected chi connectivity index (χ3v) is 16.0. The number of fused-ring (bicyclic) bond motifs is 16. The monoisotopic (exact) mass is 846 g/mol. The van der Waals surface area contributed by atoms with Gasteiger partial charge < -0.3 is 9.80 Å². The second kappa shape index (κ2) is 13.3. The molecule has 10 aromatic rings. The van der Waals surface area contributed by atoms with E-state index >= 15 is 0 Å². The van der Waals surface area contributed by atoms with Crippen LogP contribution in [0.5, 0.6) is 0 Å². The number of hydrogen-bond acceptors (Lipinski definition) is 3. The van der Waals surface area contributed by atoms with Crippen LogP contribution in [0, 0.1) is 0 Å². The molecule has 14 rings (SSSR count). The maximum atomic E-state index is 2.59. The van der Waals surface area contributed by atoms with Crippen molar-refractivity contribution in [3.8, 4) is 33.4 Å². The molecule has 3 heterocycles. The normalized spacial score (nSPS) is 14.4. The van der Waals surface area contributed by atoms with Gasteiger partial charge in [-0.15, -0.1) is 11.3 Å². The minimum Gasteiger partial charge on any atom is -0.311 e. The number of hydrogen-bond donors (Lipinski definition) is 0. The third kappa shape index (κ3) is 4.95. The summed E-state index contributed by atoms with van der Waals surface area (Å²) in [6.45, 7) is 6.89. The summed E-state index contributed by atoms with van der Waals surface area (Å²) in [5, 5.41) is 1.30. The van der Waals surface area contributed by atoms with Gasteiger partial charge in [-0.05, 0) is 132 Å². The first-order chi connectivity index (χ1) is 31.9. The summed E-state index contributed by atoms with van der Waals surface area (Å²) in [5.74, 6) is 0. The van der Waals surface area contributed by atoms with Crippen LogP contribution in [0.2, 0.25) is 0 Å². The average molecular weight is 847 g/mol. The number of benzene rings is 9. The molecule has 1 spiro atoms. The Kier molecular flexibility index (Phi) is 7.59. The third-order valence-electron chi connectivity index (χ3n) is 14.8. The standard InChI is InChI=1S/C61H43BN2S/c1-60(2,3)40-32-29-38(30-33-40)39-31-34-52-55(35-39)63(41-17-6-4-7-18-41)53-27-16-28-54-57(53)62(52)59-58(64(54)42-19-8-5-9-20-42)47-36-46-45-23-12-15-26-50(45)61(51(46)37-56(47)65-59)48-24-13-10-21-43(48)44-22-11-14-25-49(44)61/h4-37H,1-3H3. The minimum absolute atomic E-state index is 0.0323. The predicted octanol–water partition coefficient (Wildman–Crippen LogP) is 14.3. The van der Waals surface area contributed by atoms with E-state index in [0.29, 0.717) is 0 Å². The molecule has 0 N–H and O–H groups in total. The van der Waals surface area contributed by atoms with Crippen LogP contribution >= 0.6 is 11.3 Å². The first-order valence-corrected chi connectivity index (χ1v) is 23.7. The van der Waals surface area contributed by atoms with Crippen LogP contribution in [0.3, 0.4) is 0 Å². The van der Waals surface area contributed by atoms with Crippen molar-refractivity contribution in [3.63, 3.8) is 0 Å². The van der Waals surface area contributed by atoms with Gasteiger partial charge in [-0.3, -0.25) is 0 Å². The summed E-state index contributed by atoms with van der Waals surface area (Å²) in [4.78, 5) is 5.09. The highest BCUT2D eigenvalue weighted by molar-refractivity contribution is 7.33. The summed E-state index contributed by atoms with van der Waals surface area (Å²) < 4.78 is 2.71. The molecule has 0 unspecified atom stereocenters. The second-order valence-corrected chi connectivity index (χ2v) is 20.3. The minimum atomic E-state index is -0.401. The van der Waals surface area contributed by atoms with Crippen LogP contribution in [0.4, 0.5) is 34.1 Å². The molecule has 4 aliphatic rings. The van der Waals surface area contributed by atoms with Crippen molar-refractivity contribution in [1.29, 1.82) is 0 Å². The number of para-hydroxylation sites is 2. The van der Waals surface area contributed by atoms with Crippen LogP contribution < -0.4 is 25.5 Å². The summed E-state index contributed by atoms with van der Waals surface area (Å²) >= 11 is 1.99. The molecule has 0 radical (unpaired) electrons. The Morgan fingerprint density at radius 2 is 0.985 bits per heavy atom. The van der Waals surface area contributed by atoms with Crippen LogP contribution in [0.25, 0.3) is 43.5 Å². The zero-order valence-corrected chi connectivity index (χ0v) is 37.3. The average Bonchev–Trinajstić information content (AvgIpc) is 3.97. The molecule has 2 nitrogen and oxygen atoms in total. The smallest absolute Gasteiger partial charge is 0.264 e. The zero-order valence-electron chi connectivity index (χ0n) is 36.5. The van der Waals surface area contributed by atoms with Gasteiger partial charge in [0.15, 0.2) is 0 Å². The highest BCUT2D eigenvalue weighted by atomic mass is 32.1. The summed E-state index contributed by atoms with van der Waals surface area (Å²) in [6, 6.07) is 78.0. The second-order valence-electron chi connectivity index (χ2n) is 19.2. The summed E-state index contributed by atoms with van der Waals surface area (Å²) in [7, 11) is 0. The number of thiophene rings is 1. The van der Waals surface area contributed by atoms with E-state index in [2.05, 4.69) is 237 Å². The fraction of sp³-hybridized carbons (Fsp3) is 0.0820. The first kappa shape index (κ1) is 37.0. The Bertz CT molecular complexity index is 3560. The zero-order chi connectivity index (χ0) is 43.2. The van der Waals surface area contributed by atoms with Crippen molar-refractivity contribution in [2.45, 2.75) is 31.6 Å². The van der Waals surface area contributed by atoms with Gasteiger partial charge in [0.05, 0.1) is 11.1 Å². The molecule has 306 valence electrons. The molecule has 1 aromatic heterocycles. The van der Waals surface area contributed by atoms with E-state index in [0.717, 1.165) is 5.69 Å². The Morgan fingerprint density at radius 3 is 1.60 bits per heavy atom. The van der Waals surface area contributed by atoms with E-state index < -0.39 is 5.41 Å². The van der Waals surface area contributed by atoms with Gasteiger partial charge in [-0.1, -0.05) is 172 Å². The molecule has 0 atom stereocenters. The highest BCUT2D eigenvalue weighted by Gasteiger charge is 2.52. The van der Waals surface area contributed by atoms with Gasteiger partial charge >= 0.3 is 0 Å². The van der Waals surface area contributed by atoms with E-state index in [9.17, 15) is 0 Å². The van der Waals surface area contributed by atoms with E-state index in [-0.39, 0.29) is 12.1 Å². The van der Waals surface area contributed by atoms with Gasteiger partial charge in [0.2, 0.25) is 0 Å². The maximum Gasteiger partial charge on any atom is 0.264 e. The molecule has 4 heteroatoms. The Morgan fingerprint density at radius 1 is 0.446 bits per heavy atom. The fourth-order valence-corrected chi connectivity index (χ4v) is 13.4. The first-order valence-electron chi connectivity index (χ1n) is 22.9. The Balaban J connectivity index is 1.06. The van der Waals surface area contributed by atoms with Crippen molar-refractivity contribution in [2.24, 2.45) is 0 Å².